The highest BCUT2D eigenvalue weighted by atomic mass is 19.1. The Morgan fingerprint density at radius 1 is 0.971 bits per heavy atom. The van der Waals surface area contributed by atoms with Crippen LogP contribution in [0.15, 0.2) is 72.3 Å². The number of benzene rings is 3. The molecule has 1 atom stereocenters. The van der Waals surface area contributed by atoms with Gasteiger partial charge in [-0.3, -0.25) is 14.5 Å². The molecule has 0 radical (unpaired) electrons. The van der Waals surface area contributed by atoms with E-state index in [4.69, 9.17) is 9.47 Å². The molecule has 1 aliphatic rings. The molecule has 1 aliphatic heterocycles. The lowest BCUT2D eigenvalue weighted by Crippen LogP contribution is -2.29. The highest BCUT2D eigenvalue weighted by Crippen LogP contribution is 2.43. The van der Waals surface area contributed by atoms with Crippen LogP contribution in [0, 0.1) is 12.7 Å². The summed E-state index contributed by atoms with van der Waals surface area (Å²) in [5.74, 6) is -1.17. The summed E-state index contributed by atoms with van der Waals surface area (Å²) in [7, 11) is 1.53. The third kappa shape index (κ3) is 4.62. The summed E-state index contributed by atoms with van der Waals surface area (Å²) >= 11 is 0. The van der Waals surface area contributed by atoms with Crippen LogP contribution in [0.25, 0.3) is 5.76 Å². The first kappa shape index (κ1) is 24.0. The number of halogens is 1. The van der Waals surface area contributed by atoms with Gasteiger partial charge in [0, 0.05) is 11.3 Å². The Hall–Kier alpha value is -4.13. The third-order valence-corrected chi connectivity index (χ3v) is 5.79. The zero-order valence-corrected chi connectivity index (χ0v) is 19.9. The number of anilines is 1. The van der Waals surface area contributed by atoms with E-state index in [0.29, 0.717) is 28.3 Å². The van der Waals surface area contributed by atoms with Crippen molar-refractivity contribution in [3.05, 3.63) is 94.8 Å². The van der Waals surface area contributed by atoms with Crippen molar-refractivity contribution in [3.8, 4) is 11.5 Å². The number of amides is 1. The van der Waals surface area contributed by atoms with Crippen molar-refractivity contribution in [2.45, 2.75) is 32.9 Å². The van der Waals surface area contributed by atoms with Crippen LogP contribution in [0.4, 0.5) is 10.1 Å². The lowest BCUT2D eigenvalue weighted by Gasteiger charge is -2.26. The van der Waals surface area contributed by atoms with Crippen LogP contribution >= 0.6 is 0 Å². The van der Waals surface area contributed by atoms with Gasteiger partial charge in [0.1, 0.15) is 23.1 Å². The number of Topliss-reactive ketones (excluding diaryl/α,β-unsaturated/α-hetero) is 1. The Morgan fingerprint density at radius 2 is 1.60 bits per heavy atom. The number of carbonyl (C=O) groups is 2. The molecule has 0 aliphatic carbocycles. The molecule has 7 heteroatoms. The molecule has 0 spiro atoms. The smallest absolute Gasteiger partial charge is 0.300 e. The van der Waals surface area contributed by atoms with Crippen LogP contribution in [0.1, 0.15) is 36.6 Å². The molecule has 6 nitrogen and oxygen atoms in total. The standard InChI is InChI=1S/C28H26FNO5/c1-16(2)35-22-10-5-18(6-11-22)25-24(26(31)19-7-14-23(29)17(3)15-19)27(32)28(33)30(25)20-8-12-21(34-4)13-9-20/h5-16,25,31H,1-4H3/b26-24-. The fraction of sp³-hybridized carbons (Fsp3) is 0.214. The Labute approximate surface area is 203 Å². The number of aryl methyl sites for hydroxylation is 1. The van der Waals surface area contributed by atoms with E-state index in [-0.39, 0.29) is 23.0 Å². The molecule has 1 N–H and O–H groups in total. The quantitative estimate of drug-likeness (QED) is 0.287. The number of hydrogen-bond acceptors (Lipinski definition) is 5. The van der Waals surface area contributed by atoms with Gasteiger partial charge in [-0.1, -0.05) is 12.1 Å². The predicted octanol–water partition coefficient (Wildman–Crippen LogP) is 5.56. The zero-order valence-electron chi connectivity index (χ0n) is 19.9. The maximum absolute atomic E-state index is 13.8. The fourth-order valence-corrected chi connectivity index (χ4v) is 4.11. The number of rotatable bonds is 6. The Bertz CT molecular complexity index is 1300. The molecule has 3 aromatic rings. The second-order valence-corrected chi connectivity index (χ2v) is 8.57. The molecule has 1 saturated heterocycles. The average molecular weight is 476 g/mol. The summed E-state index contributed by atoms with van der Waals surface area (Å²) in [5.41, 5.74) is 1.56. The summed E-state index contributed by atoms with van der Waals surface area (Å²) in [4.78, 5) is 27.8. The normalized spacial score (nSPS) is 17.2. The SMILES string of the molecule is COc1ccc(N2C(=O)C(=O)/C(=C(\O)c3ccc(F)c(C)c3)C2c2ccc(OC(C)C)cc2)cc1. The first-order valence-electron chi connectivity index (χ1n) is 11.2. The second kappa shape index (κ2) is 9.62. The van der Waals surface area contributed by atoms with E-state index in [0.717, 1.165) is 0 Å². The van der Waals surface area contributed by atoms with Crippen LogP contribution in [0.2, 0.25) is 0 Å². The minimum absolute atomic E-state index is 0.0208. The van der Waals surface area contributed by atoms with E-state index < -0.39 is 23.5 Å². The van der Waals surface area contributed by atoms with Crippen molar-refractivity contribution in [1.82, 2.24) is 0 Å². The molecule has 1 heterocycles. The number of hydrogen-bond donors (Lipinski definition) is 1. The van der Waals surface area contributed by atoms with Crippen LogP contribution in [-0.4, -0.2) is 30.0 Å². The van der Waals surface area contributed by atoms with Gasteiger partial charge in [-0.25, -0.2) is 4.39 Å². The second-order valence-electron chi connectivity index (χ2n) is 8.57. The van der Waals surface area contributed by atoms with Gasteiger partial charge in [-0.15, -0.1) is 0 Å². The summed E-state index contributed by atoms with van der Waals surface area (Å²) in [6.45, 7) is 5.39. The Kier molecular flexibility index (Phi) is 6.60. The van der Waals surface area contributed by atoms with Gasteiger partial charge in [0.2, 0.25) is 0 Å². The first-order chi connectivity index (χ1) is 16.7. The van der Waals surface area contributed by atoms with Crippen molar-refractivity contribution < 1.29 is 28.6 Å². The van der Waals surface area contributed by atoms with Crippen molar-refractivity contribution in [1.29, 1.82) is 0 Å². The number of ether oxygens (including phenoxy) is 2. The molecule has 4 rings (SSSR count). The predicted molar refractivity (Wildman–Crippen MR) is 131 cm³/mol. The van der Waals surface area contributed by atoms with Gasteiger partial charge < -0.3 is 14.6 Å². The van der Waals surface area contributed by atoms with E-state index in [1.54, 1.807) is 55.5 Å². The van der Waals surface area contributed by atoms with E-state index in [1.165, 1.54) is 30.2 Å². The number of aliphatic hydroxyl groups excluding tert-OH is 1. The van der Waals surface area contributed by atoms with Crippen LogP contribution in [0.3, 0.4) is 0 Å². The van der Waals surface area contributed by atoms with Gasteiger partial charge in [-0.2, -0.15) is 0 Å². The van der Waals surface area contributed by atoms with Gasteiger partial charge in [0.05, 0.1) is 24.8 Å². The van der Waals surface area contributed by atoms with Crippen molar-refractivity contribution in [2.75, 3.05) is 12.0 Å². The minimum Gasteiger partial charge on any atom is -0.507 e. The molecule has 0 aromatic heterocycles. The van der Waals surface area contributed by atoms with Crippen molar-refractivity contribution >= 4 is 23.1 Å². The highest BCUT2D eigenvalue weighted by molar-refractivity contribution is 6.51. The van der Waals surface area contributed by atoms with Crippen molar-refractivity contribution in [3.63, 3.8) is 0 Å². The topological polar surface area (TPSA) is 76.1 Å². The average Bonchev–Trinajstić information content (AvgIpc) is 3.11. The number of ketones is 1. The molecule has 1 unspecified atom stereocenters. The molecule has 3 aromatic carbocycles. The van der Waals surface area contributed by atoms with Crippen LogP contribution < -0.4 is 14.4 Å². The summed E-state index contributed by atoms with van der Waals surface area (Å²) < 4.78 is 24.8. The third-order valence-electron chi connectivity index (χ3n) is 5.79. The van der Waals surface area contributed by atoms with Gasteiger partial charge in [-0.05, 0) is 86.5 Å². The van der Waals surface area contributed by atoms with Crippen LogP contribution in [-0.2, 0) is 9.59 Å². The Balaban J connectivity index is 1.88. The van der Waals surface area contributed by atoms with Gasteiger partial charge in [0.25, 0.3) is 11.7 Å². The number of nitrogens with zero attached hydrogens (tertiary/aromatic N) is 1. The molecule has 1 fully saturated rings. The lowest BCUT2D eigenvalue weighted by atomic mass is 9.94. The van der Waals surface area contributed by atoms with Gasteiger partial charge in [0.15, 0.2) is 0 Å². The lowest BCUT2D eigenvalue weighted by molar-refractivity contribution is -0.132. The molecule has 0 bridgehead atoms. The van der Waals surface area contributed by atoms with E-state index in [9.17, 15) is 19.1 Å². The zero-order chi connectivity index (χ0) is 25.3. The van der Waals surface area contributed by atoms with E-state index in [1.807, 2.05) is 13.8 Å². The van der Waals surface area contributed by atoms with E-state index in [2.05, 4.69) is 0 Å². The summed E-state index contributed by atoms with van der Waals surface area (Å²) in [5, 5.41) is 11.2. The largest absolute Gasteiger partial charge is 0.507 e. The molecule has 35 heavy (non-hydrogen) atoms. The van der Waals surface area contributed by atoms with Crippen LogP contribution in [0.5, 0.6) is 11.5 Å². The molecule has 1 amide bonds. The molecular formula is C28H26FNO5. The van der Waals surface area contributed by atoms with Crippen molar-refractivity contribution in [2.24, 2.45) is 0 Å². The fourth-order valence-electron chi connectivity index (χ4n) is 4.11. The maximum Gasteiger partial charge on any atom is 0.300 e. The summed E-state index contributed by atoms with van der Waals surface area (Å²) in [6.07, 6.45) is -0.0208. The first-order valence-corrected chi connectivity index (χ1v) is 11.2. The number of methoxy groups -OCH3 is 1. The molecule has 0 saturated carbocycles. The minimum atomic E-state index is -0.901. The highest BCUT2D eigenvalue weighted by Gasteiger charge is 2.47. The molecule has 180 valence electrons. The Morgan fingerprint density at radius 3 is 2.17 bits per heavy atom. The van der Waals surface area contributed by atoms with E-state index >= 15 is 0 Å². The number of carbonyl (C=O) groups excluding carboxylic acids is 2. The summed E-state index contributed by atoms with van der Waals surface area (Å²) in [6, 6.07) is 16.9. The maximum atomic E-state index is 13.8. The number of aliphatic hydroxyl groups is 1. The monoisotopic (exact) mass is 475 g/mol. The van der Waals surface area contributed by atoms with Gasteiger partial charge >= 0.3 is 0 Å². The molecular weight excluding hydrogens is 449 g/mol.